The highest BCUT2D eigenvalue weighted by Gasteiger charge is 2.18. The maximum Gasteiger partial charge on any atom is 0.226 e. The lowest BCUT2D eigenvalue weighted by molar-refractivity contribution is -0.118. The fourth-order valence-electron chi connectivity index (χ4n) is 2.23. The zero-order chi connectivity index (χ0) is 13.7. The van der Waals surface area contributed by atoms with Gasteiger partial charge in [0.05, 0.1) is 17.7 Å². The monoisotopic (exact) mass is 258 g/mol. The van der Waals surface area contributed by atoms with Crippen LogP contribution in [0.1, 0.15) is 31.2 Å². The number of hydrogen-bond acceptors (Lipinski definition) is 3. The van der Waals surface area contributed by atoms with Crippen molar-refractivity contribution in [3.63, 3.8) is 0 Å². The van der Waals surface area contributed by atoms with Crippen LogP contribution in [0.2, 0.25) is 0 Å². The third-order valence-electron chi connectivity index (χ3n) is 3.46. The third kappa shape index (κ3) is 3.55. The van der Waals surface area contributed by atoms with Gasteiger partial charge in [0.1, 0.15) is 0 Å². The average molecular weight is 258 g/mol. The summed E-state index contributed by atoms with van der Waals surface area (Å²) in [6.07, 6.45) is 3.71. The van der Waals surface area contributed by atoms with Crippen molar-refractivity contribution in [2.24, 2.45) is 0 Å². The van der Waals surface area contributed by atoms with E-state index >= 15 is 0 Å². The molecule has 1 aliphatic rings. The number of nitriles is 1. The number of carbonyl (C=O) groups excluding carboxylic acids is 1. The molecular formula is C15H18N2O2. The van der Waals surface area contributed by atoms with E-state index < -0.39 is 0 Å². The van der Waals surface area contributed by atoms with Crippen LogP contribution in [0.15, 0.2) is 24.3 Å². The Bertz CT molecular complexity index is 470. The largest absolute Gasteiger partial charge is 0.378 e. The summed E-state index contributed by atoms with van der Waals surface area (Å²) in [5.74, 6) is 0.0835. The van der Waals surface area contributed by atoms with Crippen molar-refractivity contribution in [1.82, 2.24) is 0 Å². The molecule has 0 aromatic heterocycles. The second-order valence-corrected chi connectivity index (χ2v) is 4.79. The molecule has 0 aliphatic carbocycles. The molecule has 1 aliphatic heterocycles. The standard InChI is InChI=1S/C15H18N2O2/c1-17(13-6-4-12(11-16)5-7-13)15(18)9-8-14-3-2-10-19-14/h4-7,14H,2-3,8-10H2,1H3. The zero-order valence-corrected chi connectivity index (χ0v) is 11.1. The molecule has 1 aromatic carbocycles. The van der Waals surface area contributed by atoms with Crippen molar-refractivity contribution in [1.29, 1.82) is 5.26 Å². The molecule has 4 nitrogen and oxygen atoms in total. The molecule has 0 saturated carbocycles. The van der Waals surface area contributed by atoms with Crippen LogP contribution >= 0.6 is 0 Å². The van der Waals surface area contributed by atoms with Crippen LogP contribution in [0, 0.1) is 11.3 Å². The highest BCUT2D eigenvalue weighted by atomic mass is 16.5. The predicted molar refractivity (Wildman–Crippen MR) is 72.8 cm³/mol. The first kappa shape index (κ1) is 13.6. The quantitative estimate of drug-likeness (QED) is 0.833. The van der Waals surface area contributed by atoms with Crippen LogP contribution in [0.3, 0.4) is 0 Å². The predicted octanol–water partition coefficient (Wildman–Crippen LogP) is 2.48. The molecule has 0 bridgehead atoms. The van der Waals surface area contributed by atoms with Crippen LogP contribution in [-0.2, 0) is 9.53 Å². The van der Waals surface area contributed by atoms with Crippen LogP contribution in [0.5, 0.6) is 0 Å². The van der Waals surface area contributed by atoms with E-state index in [1.165, 1.54) is 0 Å². The first-order chi connectivity index (χ1) is 9.20. The number of amides is 1. The summed E-state index contributed by atoms with van der Waals surface area (Å²) >= 11 is 0. The number of carbonyl (C=O) groups is 1. The Kier molecular flexibility index (Phi) is 4.53. The molecule has 1 unspecified atom stereocenters. The minimum Gasteiger partial charge on any atom is -0.378 e. The Morgan fingerprint density at radius 2 is 2.21 bits per heavy atom. The highest BCUT2D eigenvalue weighted by molar-refractivity contribution is 5.92. The van der Waals surface area contributed by atoms with E-state index in [-0.39, 0.29) is 12.0 Å². The van der Waals surface area contributed by atoms with Gasteiger partial charge in [0.25, 0.3) is 0 Å². The third-order valence-corrected chi connectivity index (χ3v) is 3.46. The van der Waals surface area contributed by atoms with Crippen LogP contribution in [0.4, 0.5) is 5.69 Å². The number of anilines is 1. The first-order valence-corrected chi connectivity index (χ1v) is 6.59. The minimum absolute atomic E-state index is 0.0835. The van der Waals surface area contributed by atoms with Crippen LogP contribution < -0.4 is 4.90 Å². The Balaban J connectivity index is 1.88. The number of nitrogens with zero attached hydrogens (tertiary/aromatic N) is 2. The minimum atomic E-state index is 0.0835. The van der Waals surface area contributed by atoms with Crippen molar-refractivity contribution in [3.05, 3.63) is 29.8 Å². The molecule has 0 N–H and O–H groups in total. The molecule has 1 amide bonds. The van der Waals surface area contributed by atoms with Gasteiger partial charge in [-0.1, -0.05) is 0 Å². The zero-order valence-electron chi connectivity index (χ0n) is 11.1. The van der Waals surface area contributed by atoms with Crippen molar-refractivity contribution in [3.8, 4) is 6.07 Å². The second-order valence-electron chi connectivity index (χ2n) is 4.79. The van der Waals surface area contributed by atoms with E-state index in [4.69, 9.17) is 10.00 Å². The fourth-order valence-corrected chi connectivity index (χ4v) is 2.23. The van der Waals surface area contributed by atoms with Crippen molar-refractivity contribution >= 4 is 11.6 Å². The molecule has 19 heavy (non-hydrogen) atoms. The Labute approximate surface area is 113 Å². The SMILES string of the molecule is CN(C(=O)CCC1CCCO1)c1ccc(C#N)cc1. The molecule has 1 atom stereocenters. The number of ether oxygens (including phenoxy) is 1. The molecule has 1 aromatic rings. The Hall–Kier alpha value is -1.86. The molecule has 1 saturated heterocycles. The van der Waals surface area contributed by atoms with E-state index in [0.29, 0.717) is 12.0 Å². The summed E-state index contributed by atoms with van der Waals surface area (Å²) in [7, 11) is 1.76. The van der Waals surface area contributed by atoms with Crippen molar-refractivity contribution in [2.45, 2.75) is 31.8 Å². The van der Waals surface area contributed by atoms with E-state index in [1.54, 1.807) is 36.2 Å². The van der Waals surface area contributed by atoms with Gasteiger partial charge < -0.3 is 9.64 Å². The molecule has 4 heteroatoms. The lowest BCUT2D eigenvalue weighted by atomic mass is 10.1. The lowest BCUT2D eigenvalue weighted by Gasteiger charge is -2.18. The van der Waals surface area contributed by atoms with Gasteiger partial charge in [0.2, 0.25) is 5.91 Å². The van der Waals surface area contributed by atoms with Gasteiger partial charge in [-0.25, -0.2) is 0 Å². The highest BCUT2D eigenvalue weighted by Crippen LogP contribution is 2.19. The van der Waals surface area contributed by atoms with Gasteiger partial charge in [-0.2, -0.15) is 5.26 Å². The Morgan fingerprint density at radius 3 is 2.79 bits per heavy atom. The summed E-state index contributed by atoms with van der Waals surface area (Å²) in [4.78, 5) is 13.7. The maximum atomic E-state index is 12.1. The maximum absolute atomic E-state index is 12.1. The van der Waals surface area contributed by atoms with Crippen molar-refractivity contribution < 1.29 is 9.53 Å². The normalized spacial score (nSPS) is 18.0. The summed E-state index contributed by atoms with van der Waals surface area (Å²) in [6, 6.07) is 9.10. The summed E-state index contributed by atoms with van der Waals surface area (Å²) < 4.78 is 5.51. The van der Waals surface area contributed by atoms with E-state index in [0.717, 1.165) is 31.6 Å². The second kappa shape index (κ2) is 6.35. The van der Waals surface area contributed by atoms with Gasteiger partial charge in [-0.05, 0) is 43.5 Å². The van der Waals surface area contributed by atoms with E-state index in [1.807, 2.05) is 0 Å². The molecule has 0 spiro atoms. The number of hydrogen-bond donors (Lipinski definition) is 0. The van der Waals surface area contributed by atoms with E-state index in [9.17, 15) is 4.79 Å². The summed E-state index contributed by atoms with van der Waals surface area (Å²) in [5, 5.41) is 8.74. The topological polar surface area (TPSA) is 53.3 Å². The molecule has 100 valence electrons. The molecule has 1 fully saturated rings. The van der Waals surface area contributed by atoms with Gasteiger partial charge in [-0.15, -0.1) is 0 Å². The molecule has 2 rings (SSSR count). The van der Waals surface area contributed by atoms with Gasteiger partial charge in [0, 0.05) is 25.8 Å². The fraction of sp³-hybridized carbons (Fsp3) is 0.467. The van der Waals surface area contributed by atoms with Gasteiger partial charge in [0.15, 0.2) is 0 Å². The summed E-state index contributed by atoms with van der Waals surface area (Å²) in [5.41, 5.74) is 1.42. The lowest BCUT2D eigenvalue weighted by Crippen LogP contribution is -2.27. The first-order valence-electron chi connectivity index (χ1n) is 6.59. The van der Waals surface area contributed by atoms with Gasteiger partial charge >= 0.3 is 0 Å². The average Bonchev–Trinajstić information content (AvgIpc) is 2.97. The molecular weight excluding hydrogens is 240 g/mol. The molecule has 0 radical (unpaired) electrons. The number of rotatable bonds is 4. The smallest absolute Gasteiger partial charge is 0.226 e. The van der Waals surface area contributed by atoms with Crippen LogP contribution in [0.25, 0.3) is 0 Å². The van der Waals surface area contributed by atoms with E-state index in [2.05, 4.69) is 6.07 Å². The number of benzene rings is 1. The van der Waals surface area contributed by atoms with Crippen molar-refractivity contribution in [2.75, 3.05) is 18.6 Å². The molecule has 1 heterocycles. The van der Waals surface area contributed by atoms with Gasteiger partial charge in [-0.3, -0.25) is 4.79 Å². The Morgan fingerprint density at radius 1 is 1.47 bits per heavy atom. The van der Waals surface area contributed by atoms with Crippen LogP contribution in [-0.4, -0.2) is 25.7 Å². The summed E-state index contributed by atoms with van der Waals surface area (Å²) in [6.45, 7) is 0.824.